The van der Waals surface area contributed by atoms with E-state index in [1.165, 1.54) is 0 Å². The van der Waals surface area contributed by atoms with Gasteiger partial charge in [-0.2, -0.15) is 0 Å². The lowest BCUT2D eigenvalue weighted by atomic mass is 9.88. The summed E-state index contributed by atoms with van der Waals surface area (Å²) in [7, 11) is 0. The van der Waals surface area contributed by atoms with Crippen LogP contribution in [0.1, 0.15) is 12.8 Å². The largest absolute Gasteiger partial charge is 0.458 e. The van der Waals surface area contributed by atoms with Crippen molar-refractivity contribution in [3.63, 3.8) is 0 Å². The number of carbonyl (C=O) groups is 2. The van der Waals surface area contributed by atoms with Gasteiger partial charge in [0.1, 0.15) is 12.2 Å². The number of esters is 2. The van der Waals surface area contributed by atoms with Gasteiger partial charge in [-0.05, 0) is 12.8 Å². The summed E-state index contributed by atoms with van der Waals surface area (Å²) < 4.78 is 22.2. The van der Waals surface area contributed by atoms with E-state index in [-0.39, 0.29) is 29.8 Å². The Labute approximate surface area is 85.7 Å². The van der Waals surface area contributed by atoms with Crippen LogP contribution < -0.4 is 0 Å². The highest BCUT2D eigenvalue weighted by Gasteiger charge is 2.63. The molecule has 1 aliphatic heterocycles. The van der Waals surface area contributed by atoms with Gasteiger partial charge in [0.05, 0.1) is 5.92 Å². The molecule has 3 aliphatic rings. The highest BCUT2D eigenvalue weighted by atomic mass is 19.1. The molecule has 1 heterocycles. The molecule has 1 saturated heterocycles. The lowest BCUT2D eigenvalue weighted by molar-refractivity contribution is -0.162. The number of ether oxygens (including phenoxy) is 2. The van der Waals surface area contributed by atoms with Crippen LogP contribution in [0.5, 0.6) is 0 Å². The van der Waals surface area contributed by atoms with Crippen molar-refractivity contribution in [1.82, 2.24) is 0 Å². The summed E-state index contributed by atoms with van der Waals surface area (Å²) in [6.45, 7) is -1.11. The minimum Gasteiger partial charge on any atom is -0.458 e. The quantitative estimate of drug-likeness (QED) is 0.626. The van der Waals surface area contributed by atoms with Gasteiger partial charge >= 0.3 is 11.9 Å². The first-order chi connectivity index (χ1) is 7.20. The van der Waals surface area contributed by atoms with E-state index in [0.717, 1.165) is 12.8 Å². The maximum Gasteiger partial charge on any atom is 0.337 e. The Morgan fingerprint density at radius 3 is 3.07 bits per heavy atom. The van der Waals surface area contributed by atoms with E-state index in [9.17, 15) is 14.0 Å². The number of hydrogen-bond acceptors (Lipinski definition) is 4. The fourth-order valence-corrected chi connectivity index (χ4v) is 3.25. The van der Waals surface area contributed by atoms with E-state index >= 15 is 0 Å². The molecule has 2 saturated carbocycles. The number of alkyl halides is 1. The monoisotopic (exact) mass is 214 g/mol. The minimum atomic E-state index is -1.11. The number of hydrogen-bond donors (Lipinski definition) is 0. The topological polar surface area (TPSA) is 52.6 Å². The molecule has 0 radical (unpaired) electrons. The molecule has 0 spiro atoms. The summed E-state index contributed by atoms with van der Waals surface area (Å²) >= 11 is 0. The Morgan fingerprint density at radius 2 is 2.33 bits per heavy atom. The Bertz CT molecular complexity index is 329. The van der Waals surface area contributed by atoms with E-state index in [1.54, 1.807) is 0 Å². The predicted octanol–water partition coefficient (Wildman–Crippen LogP) is 0.449. The molecule has 2 bridgehead atoms. The molecule has 5 unspecified atom stereocenters. The Balaban J connectivity index is 1.78. The van der Waals surface area contributed by atoms with Gasteiger partial charge in [0.15, 0.2) is 6.67 Å². The van der Waals surface area contributed by atoms with Crippen molar-refractivity contribution < 1.29 is 23.5 Å². The summed E-state index contributed by atoms with van der Waals surface area (Å²) in [5, 5.41) is 0. The van der Waals surface area contributed by atoms with Gasteiger partial charge in [-0.15, -0.1) is 0 Å². The molecule has 82 valence electrons. The lowest BCUT2D eigenvalue weighted by Gasteiger charge is -2.24. The third kappa shape index (κ3) is 1.12. The zero-order chi connectivity index (χ0) is 10.6. The van der Waals surface area contributed by atoms with Gasteiger partial charge < -0.3 is 9.47 Å². The summed E-state index contributed by atoms with van der Waals surface area (Å²) in [5.74, 6) is -0.648. The van der Waals surface area contributed by atoms with Crippen LogP contribution in [-0.2, 0) is 19.1 Å². The SMILES string of the molecule is O=C(CF)OC1C2CC3C(=O)OC1C3C2. The molecule has 5 heteroatoms. The molecule has 3 fully saturated rings. The lowest BCUT2D eigenvalue weighted by Crippen LogP contribution is -2.36. The smallest absolute Gasteiger partial charge is 0.337 e. The van der Waals surface area contributed by atoms with Crippen molar-refractivity contribution in [3.8, 4) is 0 Å². The molecule has 0 N–H and O–H groups in total. The predicted molar refractivity (Wildman–Crippen MR) is 45.4 cm³/mol. The van der Waals surface area contributed by atoms with Gasteiger partial charge in [0.25, 0.3) is 0 Å². The first-order valence-corrected chi connectivity index (χ1v) is 5.16. The second-order valence-electron chi connectivity index (χ2n) is 4.49. The van der Waals surface area contributed by atoms with Crippen molar-refractivity contribution in [2.45, 2.75) is 25.0 Å². The Morgan fingerprint density at radius 1 is 1.53 bits per heavy atom. The zero-order valence-electron chi connectivity index (χ0n) is 8.02. The third-order valence-electron chi connectivity index (χ3n) is 3.79. The van der Waals surface area contributed by atoms with Crippen LogP contribution in [0.2, 0.25) is 0 Å². The van der Waals surface area contributed by atoms with Gasteiger partial charge in [-0.25, -0.2) is 9.18 Å². The molecule has 3 rings (SSSR count). The van der Waals surface area contributed by atoms with Crippen LogP contribution in [0, 0.1) is 17.8 Å². The van der Waals surface area contributed by atoms with Gasteiger partial charge in [-0.1, -0.05) is 0 Å². The van der Waals surface area contributed by atoms with Gasteiger partial charge in [0.2, 0.25) is 0 Å². The summed E-state index contributed by atoms with van der Waals surface area (Å²) in [6.07, 6.45) is 0.882. The fraction of sp³-hybridized carbons (Fsp3) is 0.800. The van der Waals surface area contributed by atoms with Crippen LogP contribution in [0.4, 0.5) is 4.39 Å². The molecule has 5 atom stereocenters. The molecule has 15 heavy (non-hydrogen) atoms. The maximum absolute atomic E-state index is 12.0. The molecule has 0 amide bonds. The third-order valence-corrected chi connectivity index (χ3v) is 3.79. The molecular formula is C10H11FO4. The average Bonchev–Trinajstić information content (AvgIpc) is 2.81. The summed E-state index contributed by atoms with van der Waals surface area (Å²) in [4.78, 5) is 22.2. The summed E-state index contributed by atoms with van der Waals surface area (Å²) in [5.41, 5.74) is 0. The van der Waals surface area contributed by atoms with Gasteiger partial charge in [-0.3, -0.25) is 4.79 Å². The highest BCUT2D eigenvalue weighted by molar-refractivity contribution is 5.77. The van der Waals surface area contributed by atoms with E-state index in [2.05, 4.69) is 0 Å². The first kappa shape index (κ1) is 9.12. The van der Waals surface area contributed by atoms with Crippen LogP contribution in [0.3, 0.4) is 0 Å². The Kier molecular flexibility index (Phi) is 1.78. The number of rotatable bonds is 2. The van der Waals surface area contributed by atoms with Crippen molar-refractivity contribution in [2.24, 2.45) is 17.8 Å². The van der Waals surface area contributed by atoms with Crippen molar-refractivity contribution in [2.75, 3.05) is 6.67 Å². The van der Waals surface area contributed by atoms with Crippen LogP contribution >= 0.6 is 0 Å². The van der Waals surface area contributed by atoms with E-state index in [4.69, 9.17) is 9.47 Å². The molecule has 0 aromatic rings. The summed E-state index contributed by atoms with van der Waals surface area (Å²) in [6, 6.07) is 0. The number of carbonyl (C=O) groups excluding carboxylic acids is 2. The molecule has 0 aromatic heterocycles. The van der Waals surface area contributed by atoms with Crippen LogP contribution in [-0.4, -0.2) is 30.8 Å². The molecule has 4 nitrogen and oxygen atoms in total. The zero-order valence-corrected chi connectivity index (χ0v) is 8.02. The molecule has 2 aliphatic carbocycles. The molecule has 0 aromatic carbocycles. The maximum atomic E-state index is 12.0. The molecular weight excluding hydrogens is 203 g/mol. The Hall–Kier alpha value is -1.13. The van der Waals surface area contributed by atoms with Crippen molar-refractivity contribution >= 4 is 11.9 Å². The normalized spacial score (nSPS) is 45.7. The van der Waals surface area contributed by atoms with Crippen molar-refractivity contribution in [1.29, 1.82) is 0 Å². The fourth-order valence-electron chi connectivity index (χ4n) is 3.25. The van der Waals surface area contributed by atoms with Crippen LogP contribution in [0.25, 0.3) is 0 Å². The van der Waals surface area contributed by atoms with Crippen LogP contribution in [0.15, 0.2) is 0 Å². The van der Waals surface area contributed by atoms with E-state index < -0.39 is 18.7 Å². The standard InChI is InChI=1S/C10H11FO4/c11-3-7(12)14-8-4-1-5-6(2-4)10(13)15-9(5)8/h4-6,8-9H,1-3H2. The van der Waals surface area contributed by atoms with Gasteiger partial charge in [0, 0.05) is 11.8 Å². The minimum absolute atomic E-state index is 0.000304. The number of fused-ring (bicyclic) bond motifs is 1. The van der Waals surface area contributed by atoms with E-state index in [1.807, 2.05) is 0 Å². The second kappa shape index (κ2) is 2.93. The number of halogens is 1. The van der Waals surface area contributed by atoms with Crippen molar-refractivity contribution in [3.05, 3.63) is 0 Å². The van der Waals surface area contributed by atoms with E-state index in [0.29, 0.717) is 0 Å². The first-order valence-electron chi connectivity index (χ1n) is 5.16. The average molecular weight is 214 g/mol. The highest BCUT2D eigenvalue weighted by Crippen LogP contribution is 2.55. The second-order valence-corrected chi connectivity index (χ2v) is 4.49.